The van der Waals surface area contributed by atoms with Gasteiger partial charge in [-0.1, -0.05) is 5.16 Å². The molecule has 1 aromatic rings. The van der Waals surface area contributed by atoms with E-state index in [9.17, 15) is 8.42 Å². The molecule has 0 bridgehead atoms. The third kappa shape index (κ3) is 3.89. The number of aromatic amines is 1. The molecule has 1 aromatic heterocycles. The number of sulfonamides is 1. The van der Waals surface area contributed by atoms with Gasteiger partial charge in [0.05, 0.1) is 17.5 Å². The van der Waals surface area contributed by atoms with Crippen molar-refractivity contribution in [1.82, 2.24) is 10.2 Å². The van der Waals surface area contributed by atoms with Crippen LogP contribution in [0.4, 0.5) is 5.82 Å². The topological polar surface area (TPSA) is 143 Å². The van der Waals surface area contributed by atoms with E-state index in [0.29, 0.717) is 13.0 Å². The van der Waals surface area contributed by atoms with Crippen molar-refractivity contribution in [2.75, 3.05) is 24.2 Å². The predicted octanol–water partition coefficient (Wildman–Crippen LogP) is -0.718. The minimum atomic E-state index is -3.53. The van der Waals surface area contributed by atoms with Crippen LogP contribution in [0, 0.1) is 0 Å². The highest BCUT2D eigenvalue weighted by atomic mass is 32.2. The number of nitrogens with zero attached hydrogens (tertiary/aromatic N) is 2. The Morgan fingerprint density at radius 2 is 2.44 bits per heavy atom. The fourth-order valence-corrected chi connectivity index (χ4v) is 2.28. The Kier molecular flexibility index (Phi) is 4.92. The van der Waals surface area contributed by atoms with Crippen LogP contribution in [0.15, 0.2) is 11.4 Å². The van der Waals surface area contributed by atoms with Crippen LogP contribution in [0.1, 0.15) is 12.0 Å². The Morgan fingerprint density at radius 3 is 3.06 bits per heavy atom. The molecule has 18 heavy (non-hydrogen) atoms. The third-order valence-electron chi connectivity index (χ3n) is 2.04. The molecule has 0 radical (unpaired) electrons. The zero-order valence-electron chi connectivity index (χ0n) is 9.75. The van der Waals surface area contributed by atoms with Crippen molar-refractivity contribution < 1.29 is 18.4 Å². The highest BCUT2D eigenvalue weighted by molar-refractivity contribution is 7.92. The van der Waals surface area contributed by atoms with E-state index in [4.69, 9.17) is 15.7 Å². The summed E-state index contributed by atoms with van der Waals surface area (Å²) in [7, 11) is -2.04. The largest absolute Gasteiger partial charge is 0.409 e. The molecule has 0 aliphatic carbocycles. The number of methoxy groups -OCH3 is 1. The first-order valence-electron chi connectivity index (χ1n) is 5.01. The molecule has 0 saturated heterocycles. The number of rotatable bonds is 7. The quantitative estimate of drug-likeness (QED) is 0.170. The number of amidine groups is 1. The van der Waals surface area contributed by atoms with Crippen molar-refractivity contribution in [2.24, 2.45) is 10.9 Å². The van der Waals surface area contributed by atoms with Crippen molar-refractivity contribution in [2.45, 2.75) is 6.42 Å². The standard InChI is InChI=1S/C8H15N5O4S/c1-17-3-2-4-18(15,16)13-8-6(5-10-11-8)7(9)12-14/h5,14H,2-4H2,1H3,(H2,9,12)(H2,10,11,13). The molecule has 0 saturated carbocycles. The molecule has 9 nitrogen and oxygen atoms in total. The van der Waals surface area contributed by atoms with Crippen molar-refractivity contribution in [1.29, 1.82) is 0 Å². The average Bonchev–Trinajstić information content (AvgIpc) is 2.75. The molecule has 1 heterocycles. The number of hydrogen-bond acceptors (Lipinski definition) is 6. The van der Waals surface area contributed by atoms with Crippen LogP contribution in [-0.4, -0.2) is 49.1 Å². The van der Waals surface area contributed by atoms with Crippen molar-refractivity contribution in [3.05, 3.63) is 11.8 Å². The molecule has 0 aliphatic heterocycles. The third-order valence-corrected chi connectivity index (χ3v) is 3.38. The summed E-state index contributed by atoms with van der Waals surface area (Å²) in [5.74, 6) is -0.281. The molecule has 0 atom stereocenters. The maximum absolute atomic E-state index is 11.7. The molecule has 0 fully saturated rings. The van der Waals surface area contributed by atoms with E-state index < -0.39 is 10.0 Å². The molecular weight excluding hydrogens is 262 g/mol. The maximum Gasteiger partial charge on any atom is 0.233 e. The Hall–Kier alpha value is -1.81. The second-order valence-corrected chi connectivity index (χ2v) is 5.25. The normalized spacial score (nSPS) is 12.6. The van der Waals surface area contributed by atoms with Crippen LogP contribution in [-0.2, 0) is 14.8 Å². The summed E-state index contributed by atoms with van der Waals surface area (Å²) in [4.78, 5) is 0. The summed E-state index contributed by atoms with van der Waals surface area (Å²) in [5, 5.41) is 17.4. The van der Waals surface area contributed by atoms with Crippen LogP contribution >= 0.6 is 0 Å². The Balaban J connectivity index is 2.76. The second kappa shape index (κ2) is 6.21. The van der Waals surface area contributed by atoms with Gasteiger partial charge in [-0.2, -0.15) is 5.10 Å². The smallest absolute Gasteiger partial charge is 0.233 e. The van der Waals surface area contributed by atoms with Gasteiger partial charge in [-0.3, -0.25) is 9.82 Å². The highest BCUT2D eigenvalue weighted by Crippen LogP contribution is 2.12. The Bertz CT molecular complexity index is 509. The van der Waals surface area contributed by atoms with Gasteiger partial charge in [0.15, 0.2) is 5.84 Å². The molecular formula is C8H15N5O4S. The van der Waals surface area contributed by atoms with Gasteiger partial charge in [0.1, 0.15) is 5.82 Å². The fourth-order valence-electron chi connectivity index (χ4n) is 1.21. The lowest BCUT2D eigenvalue weighted by Crippen LogP contribution is -2.21. The molecule has 0 unspecified atom stereocenters. The summed E-state index contributed by atoms with van der Waals surface area (Å²) in [6.45, 7) is 0.344. The number of nitrogens with two attached hydrogens (primary N) is 1. The molecule has 5 N–H and O–H groups in total. The number of aromatic nitrogens is 2. The van der Waals surface area contributed by atoms with Crippen LogP contribution < -0.4 is 10.5 Å². The zero-order chi connectivity index (χ0) is 13.6. The predicted molar refractivity (Wildman–Crippen MR) is 65.0 cm³/mol. The molecule has 0 aliphatic rings. The van der Waals surface area contributed by atoms with Crippen molar-refractivity contribution >= 4 is 21.7 Å². The molecule has 0 aromatic carbocycles. The molecule has 0 amide bonds. The van der Waals surface area contributed by atoms with Crippen LogP contribution in [0.5, 0.6) is 0 Å². The van der Waals surface area contributed by atoms with Gasteiger partial charge in [-0.25, -0.2) is 8.42 Å². The monoisotopic (exact) mass is 277 g/mol. The van der Waals surface area contributed by atoms with Gasteiger partial charge >= 0.3 is 0 Å². The fraction of sp³-hybridized carbons (Fsp3) is 0.500. The summed E-state index contributed by atoms with van der Waals surface area (Å²) in [6, 6.07) is 0. The van der Waals surface area contributed by atoms with E-state index in [1.807, 2.05) is 0 Å². The first-order valence-corrected chi connectivity index (χ1v) is 6.66. The molecule has 102 valence electrons. The lowest BCUT2D eigenvalue weighted by atomic mass is 10.3. The van der Waals surface area contributed by atoms with Crippen LogP contribution in [0.2, 0.25) is 0 Å². The maximum atomic E-state index is 11.7. The van der Waals surface area contributed by atoms with Gasteiger partial charge in [0.25, 0.3) is 0 Å². The summed E-state index contributed by atoms with van der Waals surface area (Å²) in [5.41, 5.74) is 5.54. The number of ether oxygens (including phenoxy) is 1. The van der Waals surface area contributed by atoms with E-state index in [1.165, 1.54) is 13.3 Å². The zero-order valence-corrected chi connectivity index (χ0v) is 10.6. The van der Waals surface area contributed by atoms with Gasteiger partial charge in [-0.05, 0) is 6.42 Å². The molecule has 10 heteroatoms. The highest BCUT2D eigenvalue weighted by Gasteiger charge is 2.16. The van der Waals surface area contributed by atoms with E-state index in [2.05, 4.69) is 20.1 Å². The average molecular weight is 277 g/mol. The SMILES string of the molecule is COCCCS(=O)(=O)Nc1[nH]ncc1C(N)=NO. The number of anilines is 1. The summed E-state index contributed by atoms with van der Waals surface area (Å²) in [6.07, 6.45) is 1.61. The van der Waals surface area contributed by atoms with Crippen molar-refractivity contribution in [3.8, 4) is 0 Å². The van der Waals surface area contributed by atoms with Crippen LogP contribution in [0.3, 0.4) is 0 Å². The van der Waals surface area contributed by atoms with Crippen molar-refractivity contribution in [3.63, 3.8) is 0 Å². The first-order chi connectivity index (χ1) is 8.50. The van der Waals surface area contributed by atoms with Gasteiger partial charge in [-0.15, -0.1) is 0 Å². The van der Waals surface area contributed by atoms with E-state index in [1.54, 1.807) is 0 Å². The summed E-state index contributed by atoms with van der Waals surface area (Å²) >= 11 is 0. The van der Waals surface area contributed by atoms with Gasteiger partial charge < -0.3 is 15.7 Å². The van der Waals surface area contributed by atoms with Crippen LogP contribution in [0.25, 0.3) is 0 Å². The number of H-pyrrole nitrogens is 1. The Morgan fingerprint density at radius 1 is 1.72 bits per heavy atom. The number of nitrogens with one attached hydrogen (secondary N) is 2. The molecule has 1 rings (SSSR count). The lowest BCUT2D eigenvalue weighted by Gasteiger charge is -2.07. The van der Waals surface area contributed by atoms with E-state index in [-0.39, 0.29) is 23.0 Å². The lowest BCUT2D eigenvalue weighted by molar-refractivity contribution is 0.199. The van der Waals surface area contributed by atoms with E-state index in [0.717, 1.165) is 0 Å². The number of oxime groups is 1. The first kappa shape index (κ1) is 14.3. The van der Waals surface area contributed by atoms with Gasteiger partial charge in [0, 0.05) is 13.7 Å². The number of hydrogen-bond donors (Lipinski definition) is 4. The van der Waals surface area contributed by atoms with Gasteiger partial charge in [0.2, 0.25) is 10.0 Å². The minimum Gasteiger partial charge on any atom is -0.409 e. The molecule has 0 spiro atoms. The van der Waals surface area contributed by atoms with E-state index >= 15 is 0 Å². The minimum absolute atomic E-state index is 0.0581. The Labute approximate surface area is 104 Å². The summed E-state index contributed by atoms with van der Waals surface area (Å²) < 4.78 is 30.4. The second-order valence-electron chi connectivity index (χ2n) is 3.41.